The molecule has 35 heavy (non-hydrogen) atoms. The number of amides is 4. The predicted molar refractivity (Wildman–Crippen MR) is 133 cm³/mol. The Morgan fingerprint density at radius 2 is 1.60 bits per heavy atom. The smallest absolute Gasteiger partial charge is 0.335 e. The second-order valence-electron chi connectivity index (χ2n) is 8.41. The first-order valence-corrected chi connectivity index (χ1v) is 11.1. The van der Waals surface area contributed by atoms with E-state index in [1.165, 1.54) is 18.7 Å². The average Bonchev–Trinajstić information content (AvgIpc) is 2.83. The van der Waals surface area contributed by atoms with Gasteiger partial charge in [-0.2, -0.15) is 0 Å². The highest BCUT2D eigenvalue weighted by Gasteiger charge is 2.36. The minimum Gasteiger partial charge on any atom is -0.493 e. The van der Waals surface area contributed by atoms with Gasteiger partial charge in [-0.1, -0.05) is 42.0 Å². The number of ether oxygens (including phenoxy) is 2. The van der Waals surface area contributed by atoms with Crippen molar-refractivity contribution in [3.63, 3.8) is 0 Å². The highest BCUT2D eigenvalue weighted by Crippen LogP contribution is 2.31. The zero-order chi connectivity index (χ0) is 25.1. The molecule has 1 saturated heterocycles. The number of imide groups is 2. The van der Waals surface area contributed by atoms with Crippen molar-refractivity contribution >= 4 is 29.6 Å². The Morgan fingerprint density at radius 1 is 0.857 bits per heavy atom. The van der Waals surface area contributed by atoms with Crippen LogP contribution in [0.3, 0.4) is 0 Å². The van der Waals surface area contributed by atoms with E-state index in [2.05, 4.69) is 5.32 Å². The molecule has 1 aliphatic rings. The second-order valence-corrected chi connectivity index (χ2v) is 8.41. The van der Waals surface area contributed by atoms with Gasteiger partial charge in [0.1, 0.15) is 12.2 Å². The van der Waals surface area contributed by atoms with Crippen LogP contribution >= 0.6 is 0 Å². The van der Waals surface area contributed by atoms with Gasteiger partial charge in [0, 0.05) is 0 Å². The summed E-state index contributed by atoms with van der Waals surface area (Å²) < 4.78 is 11.4. The first-order valence-electron chi connectivity index (χ1n) is 11.1. The third-order valence-corrected chi connectivity index (χ3v) is 5.86. The molecule has 0 saturated carbocycles. The van der Waals surface area contributed by atoms with Crippen molar-refractivity contribution in [3.8, 4) is 11.5 Å². The van der Waals surface area contributed by atoms with Gasteiger partial charge in [-0.15, -0.1) is 0 Å². The molecule has 1 heterocycles. The lowest BCUT2D eigenvalue weighted by atomic mass is 10.0. The molecule has 0 unspecified atom stereocenters. The molecular weight excluding hydrogens is 444 g/mol. The topological polar surface area (TPSA) is 84.9 Å². The Bertz CT molecular complexity index is 1340. The lowest BCUT2D eigenvalue weighted by Gasteiger charge is -2.26. The van der Waals surface area contributed by atoms with Crippen LogP contribution < -0.4 is 19.7 Å². The molecule has 0 aromatic heterocycles. The molecule has 0 bridgehead atoms. The second kappa shape index (κ2) is 9.85. The Kier molecular flexibility index (Phi) is 6.68. The monoisotopic (exact) mass is 470 g/mol. The van der Waals surface area contributed by atoms with Gasteiger partial charge in [0.25, 0.3) is 11.8 Å². The van der Waals surface area contributed by atoms with E-state index in [-0.39, 0.29) is 5.57 Å². The summed E-state index contributed by atoms with van der Waals surface area (Å²) in [6.07, 6.45) is 1.43. The van der Waals surface area contributed by atoms with Crippen molar-refractivity contribution in [1.29, 1.82) is 0 Å². The highest BCUT2D eigenvalue weighted by molar-refractivity contribution is 6.39. The van der Waals surface area contributed by atoms with E-state index in [1.807, 2.05) is 51.1 Å². The van der Waals surface area contributed by atoms with Gasteiger partial charge in [0.05, 0.1) is 12.8 Å². The molecule has 4 amide bonds. The lowest BCUT2D eigenvalue weighted by molar-refractivity contribution is -0.122. The van der Waals surface area contributed by atoms with Crippen LogP contribution in [0.25, 0.3) is 6.08 Å². The zero-order valence-corrected chi connectivity index (χ0v) is 20.0. The summed E-state index contributed by atoms with van der Waals surface area (Å²) >= 11 is 0. The molecular formula is C28H26N2O5. The Labute approximate surface area is 204 Å². The van der Waals surface area contributed by atoms with Gasteiger partial charge in [-0.05, 0) is 73.4 Å². The molecule has 3 aromatic rings. The van der Waals surface area contributed by atoms with Gasteiger partial charge in [0.2, 0.25) is 0 Å². The number of carbonyl (C=O) groups excluding carboxylic acids is 3. The molecule has 1 aliphatic heterocycles. The van der Waals surface area contributed by atoms with Gasteiger partial charge < -0.3 is 9.47 Å². The fourth-order valence-corrected chi connectivity index (χ4v) is 3.66. The number of nitrogens with zero attached hydrogens (tertiary/aromatic N) is 1. The number of rotatable bonds is 6. The third kappa shape index (κ3) is 5.09. The molecule has 1 fully saturated rings. The molecule has 178 valence electrons. The first-order chi connectivity index (χ1) is 16.8. The van der Waals surface area contributed by atoms with E-state index < -0.39 is 17.8 Å². The summed E-state index contributed by atoms with van der Waals surface area (Å²) in [5.74, 6) is -0.460. The third-order valence-electron chi connectivity index (χ3n) is 5.86. The summed E-state index contributed by atoms with van der Waals surface area (Å²) in [5, 5.41) is 2.25. The SMILES string of the molecule is COc1cc(/C=C2\C(=O)NC(=O)N(c3ccc(C)c(C)c3)C2=O)ccc1OCc1ccc(C)cc1. The predicted octanol–water partition coefficient (Wildman–Crippen LogP) is 4.87. The quantitative estimate of drug-likeness (QED) is 0.411. The summed E-state index contributed by atoms with van der Waals surface area (Å²) in [6, 6.07) is 17.6. The summed E-state index contributed by atoms with van der Waals surface area (Å²) in [5.41, 5.74) is 4.94. The Balaban J connectivity index is 1.59. The van der Waals surface area contributed by atoms with E-state index in [4.69, 9.17) is 9.47 Å². The fourth-order valence-electron chi connectivity index (χ4n) is 3.66. The average molecular weight is 471 g/mol. The minimum atomic E-state index is -0.780. The number of hydrogen-bond donors (Lipinski definition) is 1. The molecule has 0 atom stereocenters. The number of barbiturate groups is 1. The maximum atomic E-state index is 13.2. The number of aryl methyl sites for hydroxylation is 3. The van der Waals surface area contributed by atoms with Gasteiger partial charge in [0.15, 0.2) is 11.5 Å². The molecule has 1 N–H and O–H groups in total. The normalized spacial score (nSPS) is 14.8. The van der Waals surface area contributed by atoms with E-state index in [0.29, 0.717) is 29.4 Å². The van der Waals surface area contributed by atoms with Gasteiger partial charge in [-0.25, -0.2) is 9.69 Å². The van der Waals surface area contributed by atoms with Crippen molar-refractivity contribution in [1.82, 2.24) is 5.32 Å². The number of carbonyl (C=O) groups is 3. The van der Waals surface area contributed by atoms with Crippen LogP contribution in [0.1, 0.15) is 27.8 Å². The van der Waals surface area contributed by atoms with Crippen LogP contribution in [-0.2, 0) is 16.2 Å². The Morgan fingerprint density at radius 3 is 2.29 bits per heavy atom. The molecule has 7 heteroatoms. The molecule has 0 aliphatic carbocycles. The highest BCUT2D eigenvalue weighted by atomic mass is 16.5. The number of benzene rings is 3. The van der Waals surface area contributed by atoms with E-state index in [9.17, 15) is 14.4 Å². The van der Waals surface area contributed by atoms with E-state index in [0.717, 1.165) is 21.6 Å². The van der Waals surface area contributed by atoms with Crippen LogP contribution in [-0.4, -0.2) is 25.0 Å². The van der Waals surface area contributed by atoms with Crippen molar-refractivity contribution in [2.75, 3.05) is 12.0 Å². The summed E-state index contributed by atoms with van der Waals surface area (Å²) in [7, 11) is 1.52. The van der Waals surface area contributed by atoms with Crippen molar-refractivity contribution < 1.29 is 23.9 Å². The summed E-state index contributed by atoms with van der Waals surface area (Å²) in [4.78, 5) is 39.1. The van der Waals surface area contributed by atoms with Crippen LogP contribution in [0, 0.1) is 20.8 Å². The van der Waals surface area contributed by atoms with Crippen molar-refractivity contribution in [3.05, 3.63) is 94.1 Å². The van der Waals surface area contributed by atoms with Crippen LogP contribution in [0.4, 0.5) is 10.5 Å². The number of methoxy groups -OCH3 is 1. The molecule has 3 aromatic carbocycles. The van der Waals surface area contributed by atoms with Crippen LogP contribution in [0.5, 0.6) is 11.5 Å². The van der Waals surface area contributed by atoms with Gasteiger partial charge >= 0.3 is 6.03 Å². The van der Waals surface area contributed by atoms with Crippen molar-refractivity contribution in [2.45, 2.75) is 27.4 Å². The first kappa shape index (κ1) is 23.8. The zero-order valence-electron chi connectivity index (χ0n) is 20.0. The number of hydrogen-bond acceptors (Lipinski definition) is 5. The van der Waals surface area contributed by atoms with E-state index in [1.54, 1.807) is 30.3 Å². The fraction of sp³-hybridized carbons (Fsp3) is 0.179. The number of urea groups is 1. The molecule has 0 spiro atoms. The maximum Gasteiger partial charge on any atom is 0.335 e. The van der Waals surface area contributed by atoms with Crippen molar-refractivity contribution in [2.24, 2.45) is 0 Å². The largest absolute Gasteiger partial charge is 0.493 e. The standard InChI is InChI=1S/C28H26N2O5/c1-17-5-8-20(9-6-17)16-35-24-12-10-21(15-25(24)34-4)14-23-26(31)29-28(33)30(27(23)32)22-11-7-18(2)19(3)13-22/h5-15H,16H2,1-4H3,(H,29,31,33)/b23-14+. The summed E-state index contributed by atoms with van der Waals surface area (Å²) in [6.45, 7) is 6.22. The number of anilines is 1. The van der Waals surface area contributed by atoms with Crippen LogP contribution in [0.15, 0.2) is 66.2 Å². The number of nitrogens with one attached hydrogen (secondary N) is 1. The Hall–Kier alpha value is -4.39. The maximum absolute atomic E-state index is 13.2. The molecule has 4 rings (SSSR count). The van der Waals surface area contributed by atoms with Crippen LogP contribution in [0.2, 0.25) is 0 Å². The van der Waals surface area contributed by atoms with E-state index >= 15 is 0 Å². The van der Waals surface area contributed by atoms with Gasteiger partial charge in [-0.3, -0.25) is 14.9 Å². The molecule has 0 radical (unpaired) electrons. The minimum absolute atomic E-state index is 0.154. The lowest BCUT2D eigenvalue weighted by Crippen LogP contribution is -2.54. The molecule has 7 nitrogen and oxygen atoms in total.